The summed E-state index contributed by atoms with van der Waals surface area (Å²) < 4.78 is 12.6. The van der Waals surface area contributed by atoms with Crippen molar-refractivity contribution in [2.24, 2.45) is 12.8 Å². The number of nitrogens with zero attached hydrogens (tertiary/aromatic N) is 3. The number of benzene rings is 1. The van der Waals surface area contributed by atoms with Crippen molar-refractivity contribution in [3.8, 4) is 11.5 Å². The number of carbonyl (C=O) groups is 1. The number of ether oxygens (including phenoxy) is 1. The molecule has 1 aromatic carbocycles. The Kier molecular flexibility index (Phi) is 5.20. The molecular weight excluding hydrogens is 395 g/mol. The third-order valence-electron chi connectivity index (χ3n) is 5.40. The number of aliphatic hydroxyl groups excluding tert-OH is 1. The summed E-state index contributed by atoms with van der Waals surface area (Å²) in [6.45, 7) is -2.51. The van der Waals surface area contributed by atoms with E-state index in [9.17, 15) is 25.1 Å². The van der Waals surface area contributed by atoms with Gasteiger partial charge in [-0.1, -0.05) is 12.4 Å². The summed E-state index contributed by atoms with van der Waals surface area (Å²) in [5.41, 5.74) is 7.18. The predicted molar refractivity (Wildman–Crippen MR) is 104 cm³/mol. The number of amides is 1. The van der Waals surface area contributed by atoms with E-state index in [2.05, 4.69) is 5.10 Å². The normalized spacial score (nSPS) is 19.1. The predicted octanol–water partition coefficient (Wildman–Crippen LogP) is -1.45. The van der Waals surface area contributed by atoms with Gasteiger partial charge in [0.2, 0.25) is 5.91 Å². The van der Waals surface area contributed by atoms with Gasteiger partial charge < -0.3 is 40.3 Å². The van der Waals surface area contributed by atoms with Gasteiger partial charge in [-0.15, -0.1) is 0 Å². The fraction of sp³-hybridized carbons (Fsp3) is 0.444. The number of aliphatic hydroxyl groups is 2. The molecule has 0 spiro atoms. The molecule has 0 radical (unpaired) electrons. The second-order valence-corrected chi connectivity index (χ2v) is 7.76. The molecule has 0 bridgehead atoms. The number of rotatable bonds is 5. The van der Waals surface area contributed by atoms with Gasteiger partial charge in [0.1, 0.15) is 17.9 Å². The Bertz CT molecular complexity index is 958. The van der Waals surface area contributed by atoms with E-state index in [-0.39, 0.29) is 48.5 Å². The monoisotopic (exact) mass is 419 g/mol. The van der Waals surface area contributed by atoms with E-state index < -0.39 is 19.1 Å². The molecule has 0 aliphatic carbocycles. The van der Waals surface area contributed by atoms with Crippen molar-refractivity contribution in [1.82, 2.24) is 14.7 Å². The van der Waals surface area contributed by atoms with Gasteiger partial charge in [-0.05, 0) is 18.1 Å². The van der Waals surface area contributed by atoms with Crippen LogP contribution in [0, 0.1) is 0 Å². The van der Waals surface area contributed by atoms with Crippen LogP contribution in [0.1, 0.15) is 29.0 Å². The van der Waals surface area contributed by atoms with Crippen molar-refractivity contribution in [3.05, 3.63) is 41.2 Å². The first-order valence-electron chi connectivity index (χ1n) is 9.65. The lowest BCUT2D eigenvalue weighted by Crippen LogP contribution is -2.58. The lowest BCUT2D eigenvalue weighted by molar-refractivity contribution is -0.141. The highest BCUT2D eigenvalue weighted by atomic mass is 16.6. The molecule has 1 saturated heterocycles. The van der Waals surface area contributed by atoms with Crippen LogP contribution in [0.3, 0.4) is 0 Å². The molecule has 2 aliphatic heterocycles. The lowest BCUT2D eigenvalue weighted by atomic mass is 9.70. The van der Waals surface area contributed by atoms with Crippen molar-refractivity contribution < 1.29 is 34.4 Å². The molecule has 1 atom stereocenters. The molecule has 4 rings (SSSR count). The minimum absolute atomic E-state index is 0.00426. The van der Waals surface area contributed by atoms with Crippen LogP contribution in [0.25, 0.3) is 0 Å². The van der Waals surface area contributed by atoms with E-state index in [1.165, 1.54) is 0 Å². The fourth-order valence-corrected chi connectivity index (χ4v) is 3.71. The maximum atomic E-state index is 12.5. The van der Waals surface area contributed by atoms with Gasteiger partial charge in [0.15, 0.2) is 6.29 Å². The van der Waals surface area contributed by atoms with Crippen LogP contribution in [-0.2, 0) is 18.3 Å². The van der Waals surface area contributed by atoms with Gasteiger partial charge in [-0.3, -0.25) is 9.48 Å². The molecule has 12 heteroatoms. The first-order valence-corrected chi connectivity index (χ1v) is 9.65. The second-order valence-electron chi connectivity index (χ2n) is 7.76. The molecule has 1 unspecified atom stereocenters. The van der Waals surface area contributed by atoms with Crippen molar-refractivity contribution in [3.63, 3.8) is 0 Å². The van der Waals surface area contributed by atoms with Crippen LogP contribution < -0.4 is 15.1 Å². The summed E-state index contributed by atoms with van der Waals surface area (Å²) >= 11 is 0. The number of carbonyl (C=O) groups excluding carboxylic acids is 1. The number of fused-ring (bicyclic) bond motifs is 1. The smallest absolute Gasteiger partial charge is 0.430 e. The average Bonchev–Trinajstić information content (AvgIpc) is 3.08. The summed E-state index contributed by atoms with van der Waals surface area (Å²) in [7, 11) is 1.74. The zero-order valence-corrected chi connectivity index (χ0v) is 16.4. The Balaban J connectivity index is 1.44. The molecule has 2 aliphatic rings. The average molecular weight is 419 g/mol. The number of aryl methyl sites for hydroxylation is 2. The zero-order valence-electron chi connectivity index (χ0n) is 16.4. The summed E-state index contributed by atoms with van der Waals surface area (Å²) in [4.78, 5) is 14.1. The molecule has 30 heavy (non-hydrogen) atoms. The maximum absolute atomic E-state index is 12.5. The molecule has 11 nitrogen and oxygen atoms in total. The van der Waals surface area contributed by atoms with Crippen LogP contribution >= 0.6 is 0 Å². The van der Waals surface area contributed by atoms with Crippen LogP contribution in [-0.4, -0.2) is 66.8 Å². The molecule has 162 valence electrons. The zero-order chi connectivity index (χ0) is 21.6. The van der Waals surface area contributed by atoms with Crippen LogP contribution in [0.15, 0.2) is 24.5 Å². The Morgan fingerprint density at radius 3 is 2.73 bits per heavy atom. The molecule has 3 heterocycles. The quantitative estimate of drug-likeness (QED) is 0.288. The summed E-state index contributed by atoms with van der Waals surface area (Å²) in [6, 6.07) is 2.44. The lowest BCUT2D eigenvalue weighted by Gasteiger charge is -2.41. The fourth-order valence-electron chi connectivity index (χ4n) is 3.71. The number of nitrogens with two attached hydrogens (primary N) is 1. The second kappa shape index (κ2) is 7.56. The third kappa shape index (κ3) is 3.87. The Morgan fingerprint density at radius 2 is 2.10 bits per heavy atom. The van der Waals surface area contributed by atoms with Crippen molar-refractivity contribution in [2.75, 3.05) is 13.1 Å². The van der Waals surface area contributed by atoms with E-state index in [0.717, 1.165) is 0 Å². The van der Waals surface area contributed by atoms with E-state index in [0.29, 0.717) is 17.5 Å². The number of hydrogen-bond acceptors (Lipinski definition) is 9. The van der Waals surface area contributed by atoms with E-state index in [1.807, 2.05) is 0 Å². The summed E-state index contributed by atoms with van der Waals surface area (Å²) in [6.07, 6.45) is 1.25. The number of aromatic nitrogens is 2. The molecule has 2 aromatic rings. The van der Waals surface area contributed by atoms with Gasteiger partial charge in [0.25, 0.3) is 0 Å². The highest BCUT2D eigenvalue weighted by Gasteiger charge is 2.37. The molecular formula is C18H24BN4O7-. The first kappa shape index (κ1) is 20.6. The summed E-state index contributed by atoms with van der Waals surface area (Å²) in [5.74, 6) is -0.109. The van der Waals surface area contributed by atoms with E-state index in [4.69, 9.17) is 15.1 Å². The van der Waals surface area contributed by atoms with Crippen LogP contribution in [0.4, 0.5) is 0 Å². The minimum atomic E-state index is -3.07. The topological polar surface area (TPSA) is 164 Å². The van der Waals surface area contributed by atoms with E-state index >= 15 is 0 Å². The molecule has 1 amide bonds. The van der Waals surface area contributed by atoms with Crippen LogP contribution in [0.2, 0.25) is 6.32 Å². The van der Waals surface area contributed by atoms with Crippen molar-refractivity contribution in [2.45, 2.75) is 31.2 Å². The van der Waals surface area contributed by atoms with Gasteiger partial charge in [-0.25, -0.2) is 0 Å². The maximum Gasteiger partial charge on any atom is 0.430 e. The van der Waals surface area contributed by atoms with E-state index in [1.54, 1.807) is 41.2 Å². The molecule has 0 saturated carbocycles. The first-order chi connectivity index (χ1) is 14.1. The standard InChI is InChI=1S/C18H24BN4O7/c1-22-7-11(6-21-22)15(20)17(24)23-8-12(9-23)29-13-3-2-10-4-5-19(27,28)30-16(10)14(13)18(25)26/h2-3,6-7,12,15,18,25-28H,4-5,8-9,20H2,1H3/q-1. The molecule has 1 aromatic heterocycles. The SMILES string of the molecule is Cn1cc(C(N)C(=O)N2CC(Oc3ccc4c(c3C(O)O)O[B-](O)(O)CC4)C2)cn1. The summed E-state index contributed by atoms with van der Waals surface area (Å²) in [5, 5.41) is 43.3. The van der Waals surface area contributed by atoms with Crippen LogP contribution in [0.5, 0.6) is 11.5 Å². The highest BCUT2D eigenvalue weighted by molar-refractivity contribution is 6.58. The van der Waals surface area contributed by atoms with Gasteiger partial charge in [0.05, 0.1) is 30.6 Å². The largest absolute Gasteiger partial charge is 0.670 e. The highest BCUT2D eigenvalue weighted by Crippen LogP contribution is 2.41. The molecule has 6 N–H and O–H groups in total. The van der Waals surface area contributed by atoms with Crippen molar-refractivity contribution >= 4 is 12.7 Å². The molecule has 1 fully saturated rings. The minimum Gasteiger partial charge on any atom is -0.670 e. The Labute approximate surface area is 172 Å². The number of hydrogen-bond donors (Lipinski definition) is 5. The van der Waals surface area contributed by atoms with Gasteiger partial charge in [0, 0.05) is 18.8 Å². The third-order valence-corrected chi connectivity index (χ3v) is 5.40. The van der Waals surface area contributed by atoms with Gasteiger partial charge in [-0.2, -0.15) is 5.10 Å². The number of likely N-dealkylation sites (tertiary alicyclic amines) is 1. The Hall–Kier alpha value is -2.64. The Morgan fingerprint density at radius 1 is 1.37 bits per heavy atom. The van der Waals surface area contributed by atoms with Crippen molar-refractivity contribution in [1.29, 1.82) is 0 Å². The van der Waals surface area contributed by atoms with Gasteiger partial charge >= 0.3 is 6.75 Å².